The van der Waals surface area contributed by atoms with Gasteiger partial charge in [0.2, 0.25) is 0 Å². The lowest BCUT2D eigenvalue weighted by atomic mass is 10.1. The van der Waals surface area contributed by atoms with Crippen molar-refractivity contribution in [3.63, 3.8) is 0 Å². The largest absolute Gasteiger partial charge is 0.481 e. The molecule has 0 aliphatic heterocycles. The maximum atomic E-state index is 10.7. The van der Waals surface area contributed by atoms with Crippen molar-refractivity contribution in [1.82, 2.24) is 15.0 Å². The topological polar surface area (TPSA) is 76.0 Å². The third-order valence-corrected chi connectivity index (χ3v) is 3.15. The number of aliphatic carboxylic acids is 1. The summed E-state index contributed by atoms with van der Waals surface area (Å²) in [6.45, 7) is 5.75. The molecule has 0 aromatic carbocycles. The molecular formula is C15H17N3O2. The molecule has 0 spiro atoms. The highest BCUT2D eigenvalue weighted by Crippen LogP contribution is 2.19. The van der Waals surface area contributed by atoms with Crippen LogP contribution in [0.15, 0.2) is 18.3 Å². The monoisotopic (exact) mass is 271 g/mol. The Morgan fingerprint density at radius 1 is 1.20 bits per heavy atom. The summed E-state index contributed by atoms with van der Waals surface area (Å²) in [6, 6.07) is 3.86. The normalized spacial score (nSPS) is 10.6. The van der Waals surface area contributed by atoms with Crippen LogP contribution < -0.4 is 0 Å². The molecule has 0 unspecified atom stereocenters. The second-order valence-corrected chi connectivity index (χ2v) is 4.81. The molecule has 0 radical (unpaired) electrons. The molecule has 0 saturated heterocycles. The number of nitrogens with zero attached hydrogens (tertiary/aromatic N) is 3. The van der Waals surface area contributed by atoms with Crippen LogP contribution in [0.4, 0.5) is 0 Å². The number of aromatic nitrogens is 3. The number of aryl methyl sites for hydroxylation is 3. The highest BCUT2D eigenvalue weighted by molar-refractivity contribution is 5.67. The van der Waals surface area contributed by atoms with Crippen LogP contribution >= 0.6 is 0 Å². The van der Waals surface area contributed by atoms with E-state index < -0.39 is 5.97 Å². The van der Waals surface area contributed by atoms with E-state index in [1.807, 2.05) is 32.9 Å². The summed E-state index contributed by atoms with van der Waals surface area (Å²) in [7, 11) is 0. The van der Waals surface area contributed by atoms with E-state index in [2.05, 4.69) is 15.0 Å². The van der Waals surface area contributed by atoms with Gasteiger partial charge in [-0.05, 0) is 50.5 Å². The van der Waals surface area contributed by atoms with Gasteiger partial charge in [0.1, 0.15) is 5.69 Å². The highest BCUT2D eigenvalue weighted by atomic mass is 16.4. The molecule has 0 saturated carbocycles. The van der Waals surface area contributed by atoms with E-state index in [4.69, 9.17) is 5.11 Å². The molecule has 2 rings (SSSR count). The van der Waals surface area contributed by atoms with Crippen molar-refractivity contribution in [2.24, 2.45) is 0 Å². The number of pyridine rings is 1. The Labute approximate surface area is 117 Å². The van der Waals surface area contributed by atoms with E-state index in [0.29, 0.717) is 12.2 Å². The quantitative estimate of drug-likeness (QED) is 0.924. The Kier molecular flexibility index (Phi) is 4.08. The van der Waals surface area contributed by atoms with Crippen LogP contribution in [0.3, 0.4) is 0 Å². The minimum absolute atomic E-state index is 0.0904. The summed E-state index contributed by atoms with van der Waals surface area (Å²) in [6.07, 6.45) is 2.28. The summed E-state index contributed by atoms with van der Waals surface area (Å²) in [5, 5.41) is 8.77. The van der Waals surface area contributed by atoms with Crippen molar-refractivity contribution >= 4 is 5.97 Å². The predicted molar refractivity (Wildman–Crippen MR) is 75.4 cm³/mol. The lowest BCUT2D eigenvalue weighted by molar-refractivity contribution is -0.136. The maximum Gasteiger partial charge on any atom is 0.303 e. The van der Waals surface area contributed by atoms with E-state index in [1.54, 1.807) is 6.20 Å². The van der Waals surface area contributed by atoms with Gasteiger partial charge < -0.3 is 5.11 Å². The van der Waals surface area contributed by atoms with Crippen molar-refractivity contribution in [2.45, 2.75) is 33.6 Å². The molecule has 2 aromatic rings. The Bertz CT molecular complexity index is 630. The van der Waals surface area contributed by atoms with Gasteiger partial charge in [-0.3, -0.25) is 9.78 Å². The molecule has 104 valence electrons. The van der Waals surface area contributed by atoms with E-state index in [0.717, 1.165) is 28.2 Å². The average Bonchev–Trinajstić information content (AvgIpc) is 2.37. The Hall–Kier alpha value is -2.30. The highest BCUT2D eigenvalue weighted by Gasteiger charge is 2.12. The number of hydrogen-bond donors (Lipinski definition) is 1. The lowest BCUT2D eigenvalue weighted by Crippen LogP contribution is -2.06. The minimum atomic E-state index is -0.812. The van der Waals surface area contributed by atoms with Gasteiger partial charge in [-0.1, -0.05) is 0 Å². The zero-order valence-corrected chi connectivity index (χ0v) is 11.8. The van der Waals surface area contributed by atoms with Crippen LogP contribution in [0.25, 0.3) is 11.5 Å². The van der Waals surface area contributed by atoms with E-state index in [1.165, 1.54) is 0 Å². The van der Waals surface area contributed by atoms with E-state index in [9.17, 15) is 4.79 Å². The van der Waals surface area contributed by atoms with Crippen LogP contribution in [-0.2, 0) is 11.2 Å². The van der Waals surface area contributed by atoms with Crippen molar-refractivity contribution < 1.29 is 9.90 Å². The van der Waals surface area contributed by atoms with Gasteiger partial charge in [-0.25, -0.2) is 9.97 Å². The van der Waals surface area contributed by atoms with Crippen molar-refractivity contribution in [2.75, 3.05) is 0 Å². The molecule has 0 bridgehead atoms. The predicted octanol–water partition coefficient (Wildman–Crippen LogP) is 2.48. The number of carboxylic acids is 1. The van der Waals surface area contributed by atoms with Gasteiger partial charge in [0.05, 0.1) is 0 Å². The van der Waals surface area contributed by atoms with Gasteiger partial charge in [0.15, 0.2) is 5.82 Å². The summed E-state index contributed by atoms with van der Waals surface area (Å²) in [5.41, 5.74) is 4.38. The van der Waals surface area contributed by atoms with E-state index in [-0.39, 0.29) is 6.42 Å². The van der Waals surface area contributed by atoms with Crippen LogP contribution in [0, 0.1) is 20.8 Å². The molecule has 0 aliphatic rings. The van der Waals surface area contributed by atoms with Crippen molar-refractivity contribution in [1.29, 1.82) is 0 Å². The number of carbonyl (C=O) groups is 1. The van der Waals surface area contributed by atoms with E-state index >= 15 is 0 Å². The van der Waals surface area contributed by atoms with Crippen LogP contribution in [0.5, 0.6) is 0 Å². The fourth-order valence-electron chi connectivity index (χ4n) is 2.11. The van der Waals surface area contributed by atoms with Crippen molar-refractivity contribution in [3.8, 4) is 11.5 Å². The summed E-state index contributed by atoms with van der Waals surface area (Å²) in [5.74, 6) is -0.226. The first-order chi connectivity index (χ1) is 9.47. The number of hydrogen-bond acceptors (Lipinski definition) is 4. The number of rotatable bonds is 4. The second kappa shape index (κ2) is 5.77. The van der Waals surface area contributed by atoms with Gasteiger partial charge in [0.25, 0.3) is 0 Å². The van der Waals surface area contributed by atoms with Crippen molar-refractivity contribution in [3.05, 3.63) is 40.8 Å². The Balaban J connectivity index is 2.37. The molecule has 0 aliphatic carbocycles. The first-order valence-corrected chi connectivity index (χ1v) is 6.46. The molecule has 0 atom stereocenters. The van der Waals surface area contributed by atoms with Gasteiger partial charge in [0, 0.05) is 24.0 Å². The van der Waals surface area contributed by atoms with Gasteiger partial charge in [-0.2, -0.15) is 0 Å². The fraction of sp³-hybridized carbons (Fsp3) is 0.333. The second-order valence-electron chi connectivity index (χ2n) is 4.81. The first-order valence-electron chi connectivity index (χ1n) is 6.46. The standard InChI is InChI=1S/C15H17N3O2/c1-9-6-7-16-13(8-9)15-17-10(2)12(11(3)18-15)4-5-14(19)20/h6-8H,4-5H2,1-3H3,(H,19,20). The molecule has 0 amide bonds. The molecule has 5 nitrogen and oxygen atoms in total. The molecule has 5 heteroatoms. The molecule has 0 fully saturated rings. The summed E-state index contributed by atoms with van der Waals surface area (Å²) < 4.78 is 0. The molecule has 2 heterocycles. The summed E-state index contributed by atoms with van der Waals surface area (Å²) in [4.78, 5) is 23.9. The van der Waals surface area contributed by atoms with Gasteiger partial charge >= 0.3 is 5.97 Å². The number of carboxylic acid groups (broad SMARTS) is 1. The third kappa shape index (κ3) is 3.17. The smallest absolute Gasteiger partial charge is 0.303 e. The average molecular weight is 271 g/mol. The SMILES string of the molecule is Cc1ccnc(-c2nc(C)c(CCC(=O)O)c(C)n2)c1. The maximum absolute atomic E-state index is 10.7. The first kappa shape index (κ1) is 14.1. The van der Waals surface area contributed by atoms with Crippen LogP contribution in [-0.4, -0.2) is 26.0 Å². The molecule has 20 heavy (non-hydrogen) atoms. The van der Waals surface area contributed by atoms with Gasteiger partial charge in [-0.15, -0.1) is 0 Å². The molecule has 1 N–H and O–H groups in total. The summed E-state index contributed by atoms with van der Waals surface area (Å²) >= 11 is 0. The molecular weight excluding hydrogens is 254 g/mol. The fourth-order valence-corrected chi connectivity index (χ4v) is 2.11. The molecule has 2 aromatic heterocycles. The lowest BCUT2D eigenvalue weighted by Gasteiger charge is -2.10. The Morgan fingerprint density at radius 3 is 2.40 bits per heavy atom. The minimum Gasteiger partial charge on any atom is -0.481 e. The zero-order chi connectivity index (χ0) is 14.7. The zero-order valence-electron chi connectivity index (χ0n) is 11.8. The van der Waals surface area contributed by atoms with Crippen LogP contribution in [0.2, 0.25) is 0 Å². The van der Waals surface area contributed by atoms with Crippen LogP contribution in [0.1, 0.15) is 28.9 Å². The Morgan fingerprint density at radius 2 is 1.85 bits per heavy atom. The third-order valence-electron chi connectivity index (χ3n) is 3.15.